The normalized spacial score (nSPS) is 16.8. The Bertz CT molecular complexity index is 916. The summed E-state index contributed by atoms with van der Waals surface area (Å²) in [6.45, 7) is -0.760. The van der Waals surface area contributed by atoms with Gasteiger partial charge in [-0.3, -0.25) is 0 Å². The van der Waals surface area contributed by atoms with Crippen molar-refractivity contribution in [3.05, 3.63) is 24.3 Å². The highest BCUT2D eigenvalue weighted by Gasteiger charge is 2.29. The number of hydrazone groups is 1. The molecule has 0 bridgehead atoms. The number of nitrogens with one attached hydrogen (secondary N) is 2. The third kappa shape index (κ3) is 3.61. The van der Waals surface area contributed by atoms with Gasteiger partial charge in [-0.05, 0) is 6.07 Å². The Morgan fingerprint density at radius 2 is 1.88 bits per heavy atom. The molecular formula is C15H18N6O5. The van der Waals surface area contributed by atoms with Crippen molar-refractivity contribution in [2.45, 2.75) is 24.4 Å². The van der Waals surface area contributed by atoms with Gasteiger partial charge in [-0.2, -0.15) is 10.1 Å². The third-order valence-electron chi connectivity index (χ3n) is 3.79. The molecular weight excluding hydrogens is 344 g/mol. The molecule has 26 heavy (non-hydrogen) atoms. The highest BCUT2D eigenvalue weighted by atomic mass is 16.4. The molecule has 3 aromatic rings. The molecule has 0 fully saturated rings. The highest BCUT2D eigenvalue weighted by molar-refractivity contribution is 6.03. The number of benzene rings is 1. The number of anilines is 1. The summed E-state index contributed by atoms with van der Waals surface area (Å²) in [6, 6.07) is 7.53. The molecule has 138 valence electrons. The van der Waals surface area contributed by atoms with Crippen LogP contribution in [0.4, 0.5) is 5.95 Å². The van der Waals surface area contributed by atoms with Crippen molar-refractivity contribution in [1.29, 1.82) is 0 Å². The topological polar surface area (TPSA) is 180 Å². The van der Waals surface area contributed by atoms with Gasteiger partial charge >= 0.3 is 0 Å². The number of aromatic nitrogens is 4. The van der Waals surface area contributed by atoms with Crippen molar-refractivity contribution >= 4 is 34.2 Å². The van der Waals surface area contributed by atoms with Crippen LogP contribution in [0.2, 0.25) is 0 Å². The van der Waals surface area contributed by atoms with E-state index in [0.717, 1.165) is 17.1 Å². The fourth-order valence-corrected chi connectivity index (χ4v) is 2.37. The summed E-state index contributed by atoms with van der Waals surface area (Å²) in [7, 11) is 0. The second-order valence-electron chi connectivity index (χ2n) is 5.61. The zero-order valence-corrected chi connectivity index (χ0v) is 13.4. The summed E-state index contributed by atoms with van der Waals surface area (Å²) in [5, 5.41) is 59.4. The lowest BCUT2D eigenvalue weighted by Gasteiger charge is -2.23. The van der Waals surface area contributed by atoms with Crippen LogP contribution in [0.25, 0.3) is 22.1 Å². The summed E-state index contributed by atoms with van der Waals surface area (Å²) in [6.07, 6.45) is -5.75. The number of aromatic amines is 1. The van der Waals surface area contributed by atoms with Crippen LogP contribution < -0.4 is 5.43 Å². The number of H-pyrrole nitrogens is 1. The molecule has 0 spiro atoms. The highest BCUT2D eigenvalue weighted by Crippen LogP contribution is 2.21. The molecule has 11 nitrogen and oxygen atoms in total. The maximum atomic E-state index is 9.72. The lowest BCUT2D eigenvalue weighted by molar-refractivity contribution is -0.0999. The van der Waals surface area contributed by atoms with Crippen molar-refractivity contribution in [3.8, 4) is 0 Å². The predicted octanol–water partition coefficient (Wildman–Crippen LogP) is -1.66. The van der Waals surface area contributed by atoms with Gasteiger partial charge in [0.15, 0.2) is 5.65 Å². The molecule has 2 aromatic heterocycles. The van der Waals surface area contributed by atoms with E-state index in [4.69, 9.17) is 5.11 Å². The number of aliphatic hydroxyl groups is 5. The van der Waals surface area contributed by atoms with Gasteiger partial charge in [0.1, 0.15) is 29.9 Å². The first-order valence-corrected chi connectivity index (χ1v) is 7.74. The van der Waals surface area contributed by atoms with Crippen molar-refractivity contribution in [2.24, 2.45) is 5.10 Å². The van der Waals surface area contributed by atoms with Crippen LogP contribution in [0.15, 0.2) is 29.4 Å². The van der Waals surface area contributed by atoms with Crippen LogP contribution >= 0.6 is 0 Å². The largest absolute Gasteiger partial charge is 0.394 e. The molecule has 11 heteroatoms. The number of para-hydroxylation sites is 1. The first-order valence-electron chi connectivity index (χ1n) is 7.74. The Balaban J connectivity index is 1.69. The van der Waals surface area contributed by atoms with E-state index < -0.39 is 31.0 Å². The van der Waals surface area contributed by atoms with Gasteiger partial charge in [-0.15, -0.1) is 10.2 Å². The van der Waals surface area contributed by atoms with Crippen molar-refractivity contribution in [2.75, 3.05) is 12.0 Å². The SMILES string of the molecule is OCC(O)C(O)C(O)C(O)C=NNc1nnc2c(n1)[nH]c1ccccc12. The summed E-state index contributed by atoms with van der Waals surface area (Å²) < 4.78 is 0. The van der Waals surface area contributed by atoms with Gasteiger partial charge in [0, 0.05) is 10.9 Å². The van der Waals surface area contributed by atoms with E-state index >= 15 is 0 Å². The van der Waals surface area contributed by atoms with Crippen molar-refractivity contribution in [1.82, 2.24) is 20.2 Å². The standard InChI is InChI=1S/C15H18N6O5/c22-6-10(24)13(26)12(25)9(23)5-16-20-15-18-14-11(19-21-15)7-3-1-2-4-8(7)17-14/h1-5,9-10,12-13,22-26H,6H2,(H2,17,18,20,21). The lowest BCUT2D eigenvalue weighted by Crippen LogP contribution is -2.46. The van der Waals surface area contributed by atoms with Crippen LogP contribution in [0.3, 0.4) is 0 Å². The molecule has 0 saturated heterocycles. The summed E-state index contributed by atoms with van der Waals surface area (Å²) in [5.74, 6) is 0.0536. The Hall–Kier alpha value is -2.70. The molecule has 4 atom stereocenters. The second-order valence-corrected chi connectivity index (χ2v) is 5.61. The molecule has 0 aliphatic heterocycles. The smallest absolute Gasteiger partial charge is 0.265 e. The Morgan fingerprint density at radius 1 is 1.12 bits per heavy atom. The molecule has 3 rings (SSSR count). The van der Waals surface area contributed by atoms with E-state index in [1.807, 2.05) is 24.3 Å². The maximum absolute atomic E-state index is 9.72. The van der Waals surface area contributed by atoms with E-state index in [-0.39, 0.29) is 5.95 Å². The Labute approximate surface area is 146 Å². The molecule has 2 heterocycles. The Kier molecular flexibility index (Phi) is 5.35. The fraction of sp³-hybridized carbons (Fsp3) is 0.333. The molecule has 0 aliphatic rings. The average Bonchev–Trinajstić information content (AvgIpc) is 3.03. The third-order valence-corrected chi connectivity index (χ3v) is 3.79. The number of rotatable bonds is 7. The van der Waals surface area contributed by atoms with Crippen LogP contribution in [0.5, 0.6) is 0 Å². The Morgan fingerprint density at radius 3 is 2.65 bits per heavy atom. The zero-order chi connectivity index (χ0) is 18.7. The van der Waals surface area contributed by atoms with Crippen LogP contribution in [0.1, 0.15) is 0 Å². The van der Waals surface area contributed by atoms with Crippen LogP contribution in [-0.4, -0.2) is 82.9 Å². The van der Waals surface area contributed by atoms with Crippen LogP contribution in [-0.2, 0) is 0 Å². The monoisotopic (exact) mass is 362 g/mol. The predicted molar refractivity (Wildman–Crippen MR) is 92.4 cm³/mol. The van der Waals surface area contributed by atoms with Gasteiger partial charge in [0.25, 0.3) is 5.95 Å². The van der Waals surface area contributed by atoms with Gasteiger partial charge in [-0.25, -0.2) is 5.43 Å². The van der Waals surface area contributed by atoms with Crippen LogP contribution in [0, 0.1) is 0 Å². The molecule has 1 aromatic carbocycles. The van der Waals surface area contributed by atoms with E-state index in [9.17, 15) is 20.4 Å². The minimum Gasteiger partial charge on any atom is -0.394 e. The lowest BCUT2D eigenvalue weighted by atomic mass is 10.0. The number of nitrogens with zero attached hydrogens (tertiary/aromatic N) is 4. The summed E-state index contributed by atoms with van der Waals surface area (Å²) in [5.41, 5.74) is 4.41. The molecule has 0 amide bonds. The van der Waals surface area contributed by atoms with Gasteiger partial charge < -0.3 is 30.5 Å². The number of hydrogen-bond donors (Lipinski definition) is 7. The van der Waals surface area contributed by atoms with E-state index in [2.05, 4.69) is 30.7 Å². The number of fused-ring (bicyclic) bond motifs is 3. The van der Waals surface area contributed by atoms with Gasteiger partial charge in [0.2, 0.25) is 0 Å². The van der Waals surface area contributed by atoms with Crippen molar-refractivity contribution < 1.29 is 25.5 Å². The second kappa shape index (κ2) is 7.68. The van der Waals surface area contributed by atoms with E-state index in [0.29, 0.717) is 11.2 Å². The fourth-order valence-electron chi connectivity index (χ4n) is 2.37. The minimum atomic E-state index is -1.74. The van der Waals surface area contributed by atoms with Gasteiger partial charge in [-0.1, -0.05) is 18.2 Å². The summed E-state index contributed by atoms with van der Waals surface area (Å²) >= 11 is 0. The van der Waals surface area contributed by atoms with E-state index in [1.165, 1.54) is 0 Å². The minimum absolute atomic E-state index is 0.0536. The molecule has 7 N–H and O–H groups in total. The van der Waals surface area contributed by atoms with Gasteiger partial charge in [0.05, 0.1) is 12.8 Å². The average molecular weight is 362 g/mol. The van der Waals surface area contributed by atoms with E-state index in [1.54, 1.807) is 0 Å². The first-order chi connectivity index (χ1) is 12.5. The molecule has 0 radical (unpaired) electrons. The van der Waals surface area contributed by atoms with Crippen molar-refractivity contribution in [3.63, 3.8) is 0 Å². The molecule has 0 aliphatic carbocycles. The zero-order valence-electron chi connectivity index (χ0n) is 13.4. The molecule has 0 saturated carbocycles. The first kappa shape index (κ1) is 18.1. The summed E-state index contributed by atoms with van der Waals surface area (Å²) in [4.78, 5) is 7.30. The quantitative estimate of drug-likeness (QED) is 0.191. The maximum Gasteiger partial charge on any atom is 0.265 e. The molecule has 4 unspecified atom stereocenters. The number of hydrogen-bond acceptors (Lipinski definition) is 10. The number of aliphatic hydroxyl groups excluding tert-OH is 5.